The molecule has 0 amide bonds. The Morgan fingerprint density at radius 1 is 1.20 bits per heavy atom. The van der Waals surface area contributed by atoms with Crippen LogP contribution >= 0.6 is 15.9 Å². The quantitative estimate of drug-likeness (QED) is 0.902. The highest BCUT2D eigenvalue weighted by molar-refractivity contribution is 9.10. The number of ether oxygens (including phenoxy) is 1. The van der Waals surface area contributed by atoms with Crippen LogP contribution in [0.25, 0.3) is 0 Å². The molecule has 2 aromatic carbocycles. The van der Waals surface area contributed by atoms with Crippen LogP contribution in [0.4, 0.5) is 4.39 Å². The SMILES string of the molecule is CNC(c1cc(C)cc(Br)c1)c1ccc(OC)cc1F. The molecule has 2 nitrogen and oxygen atoms in total. The van der Waals surface area contributed by atoms with Crippen molar-refractivity contribution in [3.05, 3.63) is 63.4 Å². The summed E-state index contributed by atoms with van der Waals surface area (Å²) in [6.07, 6.45) is 0. The monoisotopic (exact) mass is 337 g/mol. The van der Waals surface area contributed by atoms with Gasteiger partial charge >= 0.3 is 0 Å². The van der Waals surface area contributed by atoms with E-state index in [0.717, 1.165) is 15.6 Å². The van der Waals surface area contributed by atoms with Gasteiger partial charge in [0, 0.05) is 16.1 Å². The molecule has 0 fully saturated rings. The number of methoxy groups -OCH3 is 1. The number of benzene rings is 2. The molecule has 0 bridgehead atoms. The average Bonchev–Trinajstić information content (AvgIpc) is 2.40. The summed E-state index contributed by atoms with van der Waals surface area (Å²) in [6.45, 7) is 2.02. The van der Waals surface area contributed by atoms with Crippen LogP contribution in [0, 0.1) is 12.7 Å². The van der Waals surface area contributed by atoms with Crippen molar-refractivity contribution in [3.8, 4) is 5.75 Å². The first-order valence-corrected chi connectivity index (χ1v) is 7.12. The molecule has 0 aliphatic rings. The van der Waals surface area contributed by atoms with E-state index in [1.807, 2.05) is 26.1 Å². The van der Waals surface area contributed by atoms with Crippen molar-refractivity contribution in [1.29, 1.82) is 0 Å². The third-order valence-electron chi connectivity index (χ3n) is 3.21. The molecule has 2 rings (SSSR count). The van der Waals surface area contributed by atoms with Crippen LogP contribution in [0.15, 0.2) is 40.9 Å². The van der Waals surface area contributed by atoms with Crippen molar-refractivity contribution in [2.75, 3.05) is 14.2 Å². The summed E-state index contributed by atoms with van der Waals surface area (Å²) in [5.74, 6) is 0.243. The highest BCUT2D eigenvalue weighted by atomic mass is 79.9. The lowest BCUT2D eigenvalue weighted by Gasteiger charge is -2.19. The minimum atomic E-state index is -0.277. The Morgan fingerprint density at radius 2 is 1.95 bits per heavy atom. The summed E-state index contributed by atoms with van der Waals surface area (Å²) in [6, 6.07) is 10.8. The van der Waals surface area contributed by atoms with Gasteiger partial charge in [0.1, 0.15) is 11.6 Å². The topological polar surface area (TPSA) is 21.3 Å². The van der Waals surface area contributed by atoms with E-state index in [1.165, 1.54) is 13.2 Å². The number of hydrogen-bond acceptors (Lipinski definition) is 2. The second kappa shape index (κ2) is 6.37. The van der Waals surface area contributed by atoms with E-state index in [1.54, 1.807) is 12.1 Å². The van der Waals surface area contributed by atoms with E-state index in [9.17, 15) is 4.39 Å². The van der Waals surface area contributed by atoms with Crippen molar-refractivity contribution in [1.82, 2.24) is 5.32 Å². The highest BCUT2D eigenvalue weighted by Gasteiger charge is 2.17. The molecule has 1 N–H and O–H groups in total. The van der Waals surface area contributed by atoms with E-state index in [4.69, 9.17) is 4.74 Å². The molecule has 0 heterocycles. The number of rotatable bonds is 4. The Kier molecular flexibility index (Phi) is 4.78. The maximum Gasteiger partial charge on any atom is 0.132 e. The second-order valence-corrected chi connectivity index (χ2v) is 5.59. The number of aryl methyl sites for hydroxylation is 1. The Bertz CT molecular complexity index is 595. The van der Waals surface area contributed by atoms with Gasteiger partial charge in [-0.2, -0.15) is 0 Å². The van der Waals surface area contributed by atoms with Crippen molar-refractivity contribution < 1.29 is 9.13 Å². The fourth-order valence-corrected chi connectivity index (χ4v) is 2.93. The van der Waals surface area contributed by atoms with Crippen LogP contribution in [0.1, 0.15) is 22.7 Å². The van der Waals surface area contributed by atoms with Crippen LogP contribution in [-0.4, -0.2) is 14.2 Å². The summed E-state index contributed by atoms with van der Waals surface area (Å²) in [5.41, 5.74) is 2.75. The molecule has 0 saturated carbocycles. The van der Waals surface area contributed by atoms with E-state index in [2.05, 4.69) is 27.3 Å². The van der Waals surface area contributed by atoms with E-state index >= 15 is 0 Å². The largest absolute Gasteiger partial charge is 0.497 e. The standard InChI is InChI=1S/C16H17BrFNO/c1-10-6-11(8-12(17)7-10)16(19-2)14-5-4-13(20-3)9-15(14)18/h4-9,16,19H,1-3H3. The first-order valence-electron chi connectivity index (χ1n) is 6.33. The predicted molar refractivity (Wildman–Crippen MR) is 82.7 cm³/mol. The Morgan fingerprint density at radius 3 is 2.50 bits per heavy atom. The fraction of sp³-hybridized carbons (Fsp3) is 0.250. The molecule has 0 aliphatic heterocycles. The molecule has 0 radical (unpaired) electrons. The van der Waals surface area contributed by atoms with E-state index in [0.29, 0.717) is 11.3 Å². The van der Waals surface area contributed by atoms with Crippen LogP contribution in [0.5, 0.6) is 5.75 Å². The molecule has 1 atom stereocenters. The fourth-order valence-electron chi connectivity index (χ4n) is 2.30. The summed E-state index contributed by atoms with van der Waals surface area (Å²) in [4.78, 5) is 0. The zero-order chi connectivity index (χ0) is 14.7. The van der Waals surface area contributed by atoms with Gasteiger partial charge < -0.3 is 10.1 Å². The van der Waals surface area contributed by atoms with Crippen molar-refractivity contribution in [2.45, 2.75) is 13.0 Å². The molecule has 0 saturated heterocycles. The highest BCUT2D eigenvalue weighted by Crippen LogP contribution is 2.29. The number of nitrogens with one attached hydrogen (secondary N) is 1. The summed E-state index contributed by atoms with van der Waals surface area (Å²) < 4.78 is 20.3. The third-order valence-corrected chi connectivity index (χ3v) is 3.66. The van der Waals surface area contributed by atoms with Crippen molar-refractivity contribution in [3.63, 3.8) is 0 Å². The minimum absolute atomic E-state index is 0.197. The van der Waals surface area contributed by atoms with Crippen LogP contribution in [-0.2, 0) is 0 Å². The molecule has 4 heteroatoms. The van der Waals surface area contributed by atoms with Gasteiger partial charge in [0.25, 0.3) is 0 Å². The van der Waals surface area contributed by atoms with Gasteiger partial charge in [-0.05, 0) is 43.3 Å². The van der Waals surface area contributed by atoms with Gasteiger partial charge in [-0.3, -0.25) is 0 Å². The molecule has 0 spiro atoms. The van der Waals surface area contributed by atoms with Crippen LogP contribution < -0.4 is 10.1 Å². The van der Waals surface area contributed by atoms with Crippen LogP contribution in [0.3, 0.4) is 0 Å². The molecule has 1 unspecified atom stereocenters. The first-order chi connectivity index (χ1) is 9.55. The average molecular weight is 338 g/mol. The lowest BCUT2D eigenvalue weighted by Crippen LogP contribution is -2.19. The minimum Gasteiger partial charge on any atom is -0.497 e. The maximum atomic E-state index is 14.2. The van der Waals surface area contributed by atoms with Crippen molar-refractivity contribution in [2.24, 2.45) is 0 Å². The Balaban J connectivity index is 2.46. The lowest BCUT2D eigenvalue weighted by molar-refractivity contribution is 0.410. The molecule has 106 valence electrons. The third kappa shape index (κ3) is 3.19. The molecular weight excluding hydrogens is 321 g/mol. The van der Waals surface area contributed by atoms with Gasteiger partial charge in [0.15, 0.2) is 0 Å². The van der Waals surface area contributed by atoms with Crippen molar-refractivity contribution >= 4 is 15.9 Å². The molecular formula is C16H17BrFNO. The lowest BCUT2D eigenvalue weighted by atomic mass is 9.97. The van der Waals surface area contributed by atoms with Gasteiger partial charge in [0.2, 0.25) is 0 Å². The summed E-state index contributed by atoms with van der Waals surface area (Å²) >= 11 is 3.48. The zero-order valence-corrected chi connectivity index (χ0v) is 13.3. The van der Waals surface area contributed by atoms with Gasteiger partial charge in [-0.1, -0.05) is 28.1 Å². The first kappa shape index (κ1) is 15.0. The summed E-state index contributed by atoms with van der Waals surface area (Å²) in [5, 5.41) is 3.17. The molecule has 0 aromatic heterocycles. The maximum absolute atomic E-state index is 14.2. The smallest absolute Gasteiger partial charge is 0.132 e. The number of hydrogen-bond donors (Lipinski definition) is 1. The van der Waals surface area contributed by atoms with E-state index in [-0.39, 0.29) is 11.9 Å². The van der Waals surface area contributed by atoms with E-state index < -0.39 is 0 Å². The van der Waals surface area contributed by atoms with Crippen LogP contribution in [0.2, 0.25) is 0 Å². The van der Waals surface area contributed by atoms with Gasteiger partial charge in [0.05, 0.1) is 13.2 Å². The predicted octanol–water partition coefficient (Wildman–Crippen LogP) is 4.21. The van der Waals surface area contributed by atoms with Gasteiger partial charge in [-0.15, -0.1) is 0 Å². The Labute approximate surface area is 127 Å². The number of halogens is 2. The summed E-state index contributed by atoms with van der Waals surface area (Å²) in [7, 11) is 3.35. The molecule has 0 aliphatic carbocycles. The normalized spacial score (nSPS) is 12.2. The molecule has 2 aromatic rings. The van der Waals surface area contributed by atoms with Gasteiger partial charge in [-0.25, -0.2) is 4.39 Å². The second-order valence-electron chi connectivity index (χ2n) is 4.67. The zero-order valence-electron chi connectivity index (χ0n) is 11.7. The molecule has 20 heavy (non-hydrogen) atoms. The Hall–Kier alpha value is -1.39.